The lowest BCUT2D eigenvalue weighted by molar-refractivity contribution is -0.135. The lowest BCUT2D eigenvalue weighted by Crippen LogP contribution is -2.41. The maximum Gasteiger partial charge on any atom is 0.225 e. The third-order valence-electron chi connectivity index (χ3n) is 5.06. The Kier molecular flexibility index (Phi) is 6.42. The van der Waals surface area contributed by atoms with Crippen LogP contribution in [0.25, 0.3) is 0 Å². The first-order chi connectivity index (χ1) is 10.6. The van der Waals surface area contributed by atoms with Crippen molar-refractivity contribution in [1.82, 2.24) is 10.2 Å². The molecule has 3 unspecified atom stereocenters. The van der Waals surface area contributed by atoms with Crippen molar-refractivity contribution in [2.75, 3.05) is 13.1 Å². The smallest absolute Gasteiger partial charge is 0.225 e. The van der Waals surface area contributed by atoms with E-state index in [1.54, 1.807) is 12.1 Å². The van der Waals surface area contributed by atoms with Crippen molar-refractivity contribution < 1.29 is 9.18 Å². The maximum absolute atomic E-state index is 13.6. The monoisotopic (exact) mass is 340 g/mol. The van der Waals surface area contributed by atoms with Crippen LogP contribution in [0.3, 0.4) is 0 Å². The predicted octanol–water partition coefficient (Wildman–Crippen LogP) is 3.17. The average molecular weight is 341 g/mol. The first-order valence-corrected chi connectivity index (χ1v) is 8.41. The second-order valence-electron chi connectivity index (χ2n) is 6.74. The summed E-state index contributed by atoms with van der Waals surface area (Å²) in [5, 5.41) is 3.60. The Labute approximate surface area is 144 Å². The Morgan fingerprint density at radius 2 is 2.04 bits per heavy atom. The molecule has 3 rings (SSSR count). The number of amides is 1. The van der Waals surface area contributed by atoms with Gasteiger partial charge in [-0.2, -0.15) is 0 Å². The Balaban J connectivity index is 0.00000192. The normalized spacial score (nSPS) is 24.7. The molecule has 2 aliphatic rings. The molecule has 1 N–H and O–H groups in total. The number of hydrogen-bond acceptors (Lipinski definition) is 2. The lowest BCUT2D eigenvalue weighted by atomic mass is 9.98. The van der Waals surface area contributed by atoms with Gasteiger partial charge >= 0.3 is 0 Å². The summed E-state index contributed by atoms with van der Waals surface area (Å²) >= 11 is 0. The minimum atomic E-state index is -0.168. The van der Waals surface area contributed by atoms with Crippen molar-refractivity contribution in [3.63, 3.8) is 0 Å². The molecule has 1 aromatic rings. The first kappa shape index (κ1) is 18.2. The number of aryl methyl sites for hydroxylation is 1. The predicted molar refractivity (Wildman–Crippen MR) is 92.3 cm³/mol. The van der Waals surface area contributed by atoms with Gasteiger partial charge < -0.3 is 10.2 Å². The van der Waals surface area contributed by atoms with Crippen LogP contribution in [0.1, 0.15) is 38.2 Å². The maximum atomic E-state index is 13.6. The summed E-state index contributed by atoms with van der Waals surface area (Å²) in [5.74, 6) is 0.0142. The second-order valence-corrected chi connectivity index (χ2v) is 6.74. The topological polar surface area (TPSA) is 32.3 Å². The summed E-state index contributed by atoms with van der Waals surface area (Å²) in [5.41, 5.74) is 0.707. The Morgan fingerprint density at radius 3 is 2.83 bits per heavy atom. The number of carbonyl (C=O) groups is 1. The number of likely N-dealkylation sites (tertiary alicyclic amines) is 1. The third kappa shape index (κ3) is 4.45. The van der Waals surface area contributed by atoms with Gasteiger partial charge in [0.15, 0.2) is 0 Å². The summed E-state index contributed by atoms with van der Waals surface area (Å²) in [6.45, 7) is 3.66. The van der Waals surface area contributed by atoms with E-state index in [0.29, 0.717) is 30.5 Å². The molecule has 2 fully saturated rings. The highest BCUT2D eigenvalue weighted by atomic mass is 35.5. The molecule has 5 heteroatoms. The molecule has 0 radical (unpaired) electrons. The van der Waals surface area contributed by atoms with Gasteiger partial charge in [-0.05, 0) is 43.7 Å². The Bertz CT molecular complexity index is 540. The molecule has 1 amide bonds. The summed E-state index contributed by atoms with van der Waals surface area (Å²) in [6, 6.07) is 7.90. The summed E-state index contributed by atoms with van der Waals surface area (Å²) in [4.78, 5) is 14.7. The third-order valence-corrected chi connectivity index (χ3v) is 5.06. The molecule has 2 heterocycles. The average Bonchev–Trinajstić information content (AvgIpc) is 2.84. The number of benzene rings is 1. The van der Waals surface area contributed by atoms with Crippen molar-refractivity contribution in [1.29, 1.82) is 0 Å². The van der Waals surface area contributed by atoms with Gasteiger partial charge in [0.1, 0.15) is 5.82 Å². The largest absolute Gasteiger partial charge is 0.341 e. The van der Waals surface area contributed by atoms with Gasteiger partial charge in [0.2, 0.25) is 5.91 Å². The van der Waals surface area contributed by atoms with Crippen molar-refractivity contribution in [2.45, 2.75) is 51.1 Å². The van der Waals surface area contributed by atoms with Crippen LogP contribution >= 0.6 is 12.4 Å². The number of carbonyl (C=O) groups excluding carboxylic acids is 1. The van der Waals surface area contributed by atoms with Gasteiger partial charge in [-0.3, -0.25) is 4.79 Å². The molecule has 3 nitrogen and oxygen atoms in total. The molecular formula is C18H26ClFN2O. The fourth-order valence-electron chi connectivity index (χ4n) is 3.65. The molecule has 0 spiro atoms. The van der Waals surface area contributed by atoms with E-state index in [-0.39, 0.29) is 30.0 Å². The minimum Gasteiger partial charge on any atom is -0.341 e. The van der Waals surface area contributed by atoms with Crippen molar-refractivity contribution in [3.8, 4) is 0 Å². The van der Waals surface area contributed by atoms with Crippen LogP contribution in [0.2, 0.25) is 0 Å². The molecule has 0 aromatic heterocycles. The van der Waals surface area contributed by atoms with Crippen molar-refractivity contribution in [2.24, 2.45) is 5.92 Å². The molecule has 23 heavy (non-hydrogen) atoms. The Morgan fingerprint density at radius 1 is 1.30 bits per heavy atom. The summed E-state index contributed by atoms with van der Waals surface area (Å²) < 4.78 is 13.6. The number of nitrogens with one attached hydrogen (secondary N) is 1. The van der Waals surface area contributed by atoms with Gasteiger partial charge in [0.25, 0.3) is 0 Å². The SMILES string of the molecule is CC(CCc1ccccc1F)C(=O)N1CCC2CCC(C1)N2.Cl. The van der Waals surface area contributed by atoms with E-state index in [1.165, 1.54) is 18.9 Å². The molecular weight excluding hydrogens is 315 g/mol. The molecule has 2 saturated heterocycles. The van der Waals surface area contributed by atoms with Gasteiger partial charge in [-0.15, -0.1) is 12.4 Å². The highest BCUT2D eigenvalue weighted by molar-refractivity contribution is 5.85. The molecule has 0 aliphatic carbocycles. The molecule has 128 valence electrons. The van der Waals surface area contributed by atoms with Gasteiger partial charge in [-0.25, -0.2) is 4.39 Å². The molecule has 1 aromatic carbocycles. The number of halogens is 2. The summed E-state index contributed by atoms with van der Waals surface area (Å²) in [7, 11) is 0. The Hall–Kier alpha value is -1.13. The molecule has 2 bridgehead atoms. The molecule has 0 saturated carbocycles. The van der Waals surface area contributed by atoms with Crippen LogP contribution in [0.5, 0.6) is 0 Å². The van der Waals surface area contributed by atoms with Gasteiger partial charge in [0.05, 0.1) is 0 Å². The molecule has 3 atom stereocenters. The zero-order chi connectivity index (χ0) is 15.5. The van der Waals surface area contributed by atoms with Gasteiger partial charge in [-0.1, -0.05) is 25.1 Å². The number of nitrogens with zero attached hydrogens (tertiary/aromatic N) is 1. The fraction of sp³-hybridized carbons (Fsp3) is 0.611. The van der Waals surface area contributed by atoms with Crippen LogP contribution in [0, 0.1) is 11.7 Å². The van der Waals surface area contributed by atoms with Crippen LogP contribution in [-0.4, -0.2) is 36.0 Å². The fourth-order valence-corrected chi connectivity index (χ4v) is 3.65. The molecule has 2 aliphatic heterocycles. The number of rotatable bonds is 4. The first-order valence-electron chi connectivity index (χ1n) is 8.41. The van der Waals surface area contributed by atoms with Gasteiger partial charge in [0, 0.05) is 31.1 Å². The van der Waals surface area contributed by atoms with Crippen LogP contribution < -0.4 is 5.32 Å². The zero-order valence-corrected chi connectivity index (χ0v) is 14.4. The van der Waals surface area contributed by atoms with E-state index in [2.05, 4.69) is 5.32 Å². The standard InChI is InChI=1S/C18H25FN2O.ClH/c1-13(6-7-14-4-2-3-5-17(14)19)18(22)21-11-10-15-8-9-16(12-21)20-15;/h2-5,13,15-16,20H,6-12H2,1H3;1H. The van der Waals surface area contributed by atoms with Crippen LogP contribution in [0.4, 0.5) is 4.39 Å². The van der Waals surface area contributed by atoms with E-state index in [4.69, 9.17) is 0 Å². The zero-order valence-electron chi connectivity index (χ0n) is 13.6. The van der Waals surface area contributed by atoms with Crippen LogP contribution in [0.15, 0.2) is 24.3 Å². The van der Waals surface area contributed by atoms with Crippen LogP contribution in [-0.2, 0) is 11.2 Å². The highest BCUT2D eigenvalue weighted by Crippen LogP contribution is 2.22. The second kappa shape index (κ2) is 8.11. The van der Waals surface area contributed by atoms with Crippen molar-refractivity contribution >= 4 is 18.3 Å². The quantitative estimate of drug-likeness (QED) is 0.913. The van der Waals surface area contributed by atoms with E-state index in [1.807, 2.05) is 17.9 Å². The van der Waals surface area contributed by atoms with E-state index in [9.17, 15) is 9.18 Å². The number of hydrogen-bond donors (Lipinski definition) is 1. The highest BCUT2D eigenvalue weighted by Gasteiger charge is 2.32. The minimum absolute atomic E-state index is 0. The van der Waals surface area contributed by atoms with E-state index >= 15 is 0 Å². The lowest BCUT2D eigenvalue weighted by Gasteiger charge is -2.27. The van der Waals surface area contributed by atoms with Crippen molar-refractivity contribution in [3.05, 3.63) is 35.6 Å². The summed E-state index contributed by atoms with van der Waals surface area (Å²) in [6.07, 6.45) is 4.81. The van der Waals surface area contributed by atoms with E-state index < -0.39 is 0 Å². The number of fused-ring (bicyclic) bond motifs is 2. The van der Waals surface area contributed by atoms with E-state index in [0.717, 1.165) is 19.5 Å².